The van der Waals surface area contributed by atoms with E-state index in [2.05, 4.69) is 36.1 Å². The van der Waals surface area contributed by atoms with E-state index in [1.807, 2.05) is 17.0 Å². The lowest BCUT2D eigenvalue weighted by atomic mass is 9.72. The molecule has 1 unspecified atom stereocenters. The Morgan fingerprint density at radius 1 is 1.24 bits per heavy atom. The van der Waals surface area contributed by atoms with Crippen molar-refractivity contribution in [2.24, 2.45) is 5.41 Å². The summed E-state index contributed by atoms with van der Waals surface area (Å²) in [5, 5.41) is 13.8. The van der Waals surface area contributed by atoms with Crippen molar-refractivity contribution in [3.63, 3.8) is 0 Å². The van der Waals surface area contributed by atoms with Crippen molar-refractivity contribution in [1.29, 1.82) is 0 Å². The summed E-state index contributed by atoms with van der Waals surface area (Å²) in [6.07, 6.45) is 3.54. The van der Waals surface area contributed by atoms with Gasteiger partial charge in [-0.15, -0.1) is 0 Å². The number of piperidine rings is 1. The highest BCUT2D eigenvalue weighted by atomic mass is 16.5. The zero-order valence-electron chi connectivity index (χ0n) is 17.1. The minimum Gasteiger partial charge on any atom is -0.480 e. The lowest BCUT2D eigenvalue weighted by Gasteiger charge is -2.47. The summed E-state index contributed by atoms with van der Waals surface area (Å²) in [6.45, 7) is 6.91. The highest BCUT2D eigenvalue weighted by molar-refractivity contribution is 5.73. The summed E-state index contributed by atoms with van der Waals surface area (Å²) in [6, 6.07) is 7.65. The first kappa shape index (κ1) is 20.0. The van der Waals surface area contributed by atoms with Gasteiger partial charge in [-0.05, 0) is 42.6 Å². The molecule has 0 saturated carbocycles. The van der Waals surface area contributed by atoms with Crippen molar-refractivity contribution >= 4 is 5.97 Å². The van der Waals surface area contributed by atoms with Crippen LogP contribution in [0.5, 0.6) is 0 Å². The molecule has 156 valence electrons. The van der Waals surface area contributed by atoms with Crippen LogP contribution < -0.4 is 0 Å². The average molecular weight is 399 g/mol. The zero-order chi connectivity index (χ0) is 20.4. The normalized spacial score (nSPS) is 22.2. The Balaban J connectivity index is 1.50. The minimum absolute atomic E-state index is 0.139. The maximum atomic E-state index is 11.8. The second-order valence-electron chi connectivity index (χ2n) is 8.70. The van der Waals surface area contributed by atoms with Crippen molar-refractivity contribution in [2.45, 2.75) is 58.0 Å². The second kappa shape index (κ2) is 8.24. The summed E-state index contributed by atoms with van der Waals surface area (Å²) < 4.78 is 11.0. The SMILES string of the molecule is CC(C)c1ccc(-c2noc(CN3CC4(CCOCC4)CCC3C(=O)O)n2)cc1. The van der Waals surface area contributed by atoms with Crippen molar-refractivity contribution in [3.8, 4) is 11.4 Å². The lowest BCUT2D eigenvalue weighted by molar-refractivity contribution is -0.148. The predicted molar refractivity (Wildman–Crippen MR) is 107 cm³/mol. The van der Waals surface area contributed by atoms with Crippen LogP contribution >= 0.6 is 0 Å². The smallest absolute Gasteiger partial charge is 0.320 e. The molecule has 1 spiro atoms. The van der Waals surface area contributed by atoms with Crippen LogP contribution in [-0.4, -0.2) is 51.9 Å². The van der Waals surface area contributed by atoms with Crippen LogP contribution in [0.15, 0.2) is 28.8 Å². The maximum Gasteiger partial charge on any atom is 0.320 e. The zero-order valence-corrected chi connectivity index (χ0v) is 17.1. The number of aliphatic carboxylic acids is 1. The molecule has 2 saturated heterocycles. The lowest BCUT2D eigenvalue weighted by Crippen LogP contribution is -2.53. The number of hydrogen-bond donors (Lipinski definition) is 1. The molecule has 1 aromatic carbocycles. The first-order valence-electron chi connectivity index (χ1n) is 10.4. The van der Waals surface area contributed by atoms with Gasteiger partial charge in [0.2, 0.25) is 11.7 Å². The van der Waals surface area contributed by atoms with Gasteiger partial charge in [0.05, 0.1) is 6.54 Å². The van der Waals surface area contributed by atoms with Crippen LogP contribution in [-0.2, 0) is 16.1 Å². The van der Waals surface area contributed by atoms with E-state index in [-0.39, 0.29) is 5.41 Å². The van der Waals surface area contributed by atoms with Crippen LogP contribution in [0, 0.1) is 5.41 Å². The van der Waals surface area contributed by atoms with E-state index in [1.54, 1.807) is 0 Å². The van der Waals surface area contributed by atoms with E-state index in [1.165, 1.54) is 5.56 Å². The number of ether oxygens (including phenoxy) is 1. The number of hydrogen-bond acceptors (Lipinski definition) is 6. The van der Waals surface area contributed by atoms with Gasteiger partial charge in [-0.1, -0.05) is 43.3 Å². The van der Waals surface area contributed by atoms with Gasteiger partial charge in [0.1, 0.15) is 6.04 Å². The molecule has 0 aliphatic carbocycles. The van der Waals surface area contributed by atoms with Gasteiger partial charge in [0, 0.05) is 25.3 Å². The molecule has 2 aromatic rings. The monoisotopic (exact) mass is 399 g/mol. The fourth-order valence-corrected chi connectivity index (χ4v) is 4.53. The largest absolute Gasteiger partial charge is 0.480 e. The van der Waals surface area contributed by atoms with Gasteiger partial charge in [-0.2, -0.15) is 4.98 Å². The van der Waals surface area contributed by atoms with Crippen LogP contribution in [0.25, 0.3) is 11.4 Å². The van der Waals surface area contributed by atoms with Crippen LogP contribution in [0.2, 0.25) is 0 Å². The summed E-state index contributed by atoms with van der Waals surface area (Å²) in [5.74, 6) is 0.689. The van der Waals surface area contributed by atoms with Crippen LogP contribution in [0.3, 0.4) is 0 Å². The Morgan fingerprint density at radius 3 is 2.62 bits per heavy atom. The molecule has 7 heteroatoms. The Hall–Kier alpha value is -2.25. The molecule has 7 nitrogen and oxygen atoms in total. The van der Waals surface area contributed by atoms with Crippen LogP contribution in [0.1, 0.15) is 56.9 Å². The number of benzene rings is 1. The molecule has 1 aromatic heterocycles. The van der Waals surface area contributed by atoms with Gasteiger partial charge in [-0.3, -0.25) is 9.69 Å². The molecular formula is C22H29N3O4. The van der Waals surface area contributed by atoms with E-state index in [4.69, 9.17) is 9.26 Å². The molecule has 29 heavy (non-hydrogen) atoms. The van der Waals surface area contributed by atoms with Crippen LogP contribution in [0.4, 0.5) is 0 Å². The topological polar surface area (TPSA) is 88.7 Å². The molecule has 1 N–H and O–H groups in total. The predicted octanol–water partition coefficient (Wildman–Crippen LogP) is 3.71. The van der Waals surface area contributed by atoms with Gasteiger partial charge in [-0.25, -0.2) is 0 Å². The molecule has 4 rings (SSSR count). The number of carbonyl (C=O) groups is 1. The van der Waals surface area contributed by atoms with Gasteiger partial charge >= 0.3 is 5.97 Å². The van der Waals surface area contributed by atoms with E-state index < -0.39 is 12.0 Å². The van der Waals surface area contributed by atoms with Gasteiger partial charge in [0.15, 0.2) is 0 Å². The molecule has 0 bridgehead atoms. The van der Waals surface area contributed by atoms with Crippen molar-refractivity contribution in [1.82, 2.24) is 15.0 Å². The molecule has 2 aliphatic heterocycles. The first-order chi connectivity index (χ1) is 14.0. The highest BCUT2D eigenvalue weighted by Crippen LogP contribution is 2.41. The van der Waals surface area contributed by atoms with E-state index >= 15 is 0 Å². The Kier molecular flexibility index (Phi) is 5.69. The average Bonchev–Trinajstić information content (AvgIpc) is 3.17. The summed E-state index contributed by atoms with van der Waals surface area (Å²) in [5.41, 5.74) is 2.30. The molecule has 1 atom stereocenters. The third kappa shape index (κ3) is 4.36. The highest BCUT2D eigenvalue weighted by Gasteiger charge is 2.43. The first-order valence-corrected chi connectivity index (χ1v) is 10.4. The Labute approximate surface area is 171 Å². The standard InChI is InChI=1S/C22H29N3O4/c1-15(2)16-3-5-17(6-4-16)20-23-19(29-24-20)13-25-14-22(9-11-28-12-10-22)8-7-18(25)21(26)27/h3-6,15,18H,7-14H2,1-2H3,(H,26,27). The quantitative estimate of drug-likeness (QED) is 0.820. The van der Waals surface area contributed by atoms with Crippen molar-refractivity contribution < 1.29 is 19.2 Å². The van der Waals surface area contributed by atoms with Crippen molar-refractivity contribution in [3.05, 3.63) is 35.7 Å². The summed E-state index contributed by atoms with van der Waals surface area (Å²) in [7, 11) is 0. The third-order valence-electron chi connectivity index (χ3n) is 6.41. The minimum atomic E-state index is -0.782. The Morgan fingerprint density at radius 2 is 1.97 bits per heavy atom. The molecule has 3 heterocycles. The number of carboxylic acid groups (broad SMARTS) is 1. The summed E-state index contributed by atoms with van der Waals surface area (Å²) >= 11 is 0. The fourth-order valence-electron chi connectivity index (χ4n) is 4.53. The maximum absolute atomic E-state index is 11.8. The second-order valence-corrected chi connectivity index (χ2v) is 8.70. The molecule has 0 radical (unpaired) electrons. The molecular weight excluding hydrogens is 370 g/mol. The van der Waals surface area contributed by atoms with Gasteiger partial charge in [0.25, 0.3) is 0 Å². The number of carboxylic acids is 1. The Bertz CT molecular complexity index is 840. The van der Waals surface area contributed by atoms with Gasteiger partial charge < -0.3 is 14.4 Å². The number of nitrogens with zero attached hydrogens (tertiary/aromatic N) is 3. The molecule has 0 amide bonds. The fraction of sp³-hybridized carbons (Fsp3) is 0.591. The van der Waals surface area contributed by atoms with Crippen molar-refractivity contribution in [2.75, 3.05) is 19.8 Å². The van der Waals surface area contributed by atoms with E-state index in [0.717, 1.165) is 44.6 Å². The third-order valence-corrected chi connectivity index (χ3v) is 6.41. The van der Waals surface area contributed by atoms with E-state index in [9.17, 15) is 9.90 Å². The molecule has 2 fully saturated rings. The summed E-state index contributed by atoms with van der Waals surface area (Å²) in [4.78, 5) is 18.3. The number of rotatable bonds is 5. The number of aromatic nitrogens is 2. The number of likely N-dealkylation sites (tertiary alicyclic amines) is 1. The molecule has 2 aliphatic rings. The van der Waals surface area contributed by atoms with E-state index in [0.29, 0.717) is 30.6 Å².